The summed E-state index contributed by atoms with van der Waals surface area (Å²) < 4.78 is 54.9. The number of nitrogens with zero attached hydrogens (tertiary/aromatic N) is 3. The molecule has 0 saturated heterocycles. The van der Waals surface area contributed by atoms with E-state index in [0.29, 0.717) is 28.1 Å². The van der Waals surface area contributed by atoms with Crippen LogP contribution in [0, 0.1) is 24.4 Å². The molecule has 0 aliphatic heterocycles. The predicted octanol–water partition coefficient (Wildman–Crippen LogP) is 13.0. The summed E-state index contributed by atoms with van der Waals surface area (Å²) in [5.41, 5.74) is 9.57. The number of para-hydroxylation sites is 1. The molecule has 0 bridgehead atoms. The van der Waals surface area contributed by atoms with Gasteiger partial charge in [-0.05, 0) is 85.4 Å². The van der Waals surface area contributed by atoms with Crippen molar-refractivity contribution in [3.05, 3.63) is 161 Å². The van der Waals surface area contributed by atoms with Gasteiger partial charge in [0.2, 0.25) is 0 Å². The molecular weight excluding hydrogens is 866 g/mol. The maximum Gasteiger partial charge on any atom is 2.00 e. The third kappa shape index (κ3) is 5.76. The SMILES string of the molecule is [2H]C([2H])([2H])c1c(Oc2[c-]c3c(cc2)c2ccccc2n3-c2ccccn2)[c-]c2c3c1-c1cc(C(C)(C)C)ccc1C3c1ccccc1-c1cc(C([2H])([2H])C(C)(C)C)cnc1-2.[Pt+2]. The number of fused-ring (bicyclic) bond motifs is 11. The Bertz CT molecular complexity index is 3070. The van der Waals surface area contributed by atoms with Crippen LogP contribution in [0.1, 0.15) is 87.7 Å². The van der Waals surface area contributed by atoms with Gasteiger partial charge in [-0.15, -0.1) is 28.6 Å². The molecule has 0 spiro atoms. The van der Waals surface area contributed by atoms with Crippen LogP contribution in [0.4, 0.5) is 0 Å². The molecule has 4 nitrogen and oxygen atoms in total. The molecule has 0 amide bonds. The molecule has 0 saturated carbocycles. The molecule has 8 aromatic rings. The molecule has 56 heavy (non-hydrogen) atoms. The summed E-state index contributed by atoms with van der Waals surface area (Å²) in [6.07, 6.45) is 1.68. The summed E-state index contributed by atoms with van der Waals surface area (Å²) in [5.74, 6) is 0.782. The van der Waals surface area contributed by atoms with Crippen LogP contribution in [0.3, 0.4) is 0 Å². The molecule has 10 rings (SSSR count). The van der Waals surface area contributed by atoms with Crippen LogP contribution in [0.2, 0.25) is 0 Å². The Labute approximate surface area is 350 Å². The minimum absolute atomic E-state index is 0. The van der Waals surface area contributed by atoms with Crippen LogP contribution in [0.5, 0.6) is 11.5 Å². The first kappa shape index (κ1) is 30.9. The number of hydrogen-bond donors (Lipinski definition) is 0. The van der Waals surface area contributed by atoms with Crippen LogP contribution in [-0.4, -0.2) is 14.5 Å². The predicted molar refractivity (Wildman–Crippen MR) is 224 cm³/mol. The third-order valence-electron chi connectivity index (χ3n) is 10.9. The Morgan fingerprint density at radius 2 is 1.57 bits per heavy atom. The fourth-order valence-electron chi connectivity index (χ4n) is 8.55. The van der Waals surface area contributed by atoms with Gasteiger partial charge in [-0.2, -0.15) is 6.07 Å². The Morgan fingerprint density at radius 1 is 0.786 bits per heavy atom. The average molecular weight is 914 g/mol. The van der Waals surface area contributed by atoms with Crippen LogP contribution in [0.25, 0.3) is 61.1 Å². The molecule has 5 aromatic carbocycles. The van der Waals surface area contributed by atoms with Crippen molar-refractivity contribution in [3.63, 3.8) is 0 Å². The van der Waals surface area contributed by atoms with Crippen LogP contribution in [-0.2, 0) is 32.9 Å². The van der Waals surface area contributed by atoms with Crippen molar-refractivity contribution in [1.29, 1.82) is 0 Å². The van der Waals surface area contributed by atoms with Crippen molar-refractivity contribution in [3.8, 4) is 50.8 Å². The van der Waals surface area contributed by atoms with Crippen LogP contribution < -0.4 is 4.74 Å². The number of aromatic nitrogens is 3. The van der Waals surface area contributed by atoms with Gasteiger partial charge in [0.15, 0.2) is 0 Å². The summed E-state index contributed by atoms with van der Waals surface area (Å²) in [6.45, 7) is 9.55. The summed E-state index contributed by atoms with van der Waals surface area (Å²) in [5, 5.41) is 1.99. The van der Waals surface area contributed by atoms with Crippen molar-refractivity contribution in [1.82, 2.24) is 14.5 Å². The van der Waals surface area contributed by atoms with Gasteiger partial charge in [0.1, 0.15) is 5.82 Å². The normalized spacial score (nSPS) is 15.9. The monoisotopic (exact) mass is 913 g/mol. The summed E-state index contributed by atoms with van der Waals surface area (Å²) in [4.78, 5) is 9.76. The van der Waals surface area contributed by atoms with E-state index in [1.54, 1.807) is 12.4 Å². The maximum absolute atomic E-state index is 9.22. The standard InChI is InChI=1S/C51H43N3O.Pt/c1-30-44(55-33-20-22-36-35-15-10-11-17-42(35)54(43(36)26-33)45-18-12-13-23-52-45)27-41-48-46(30)39-25-32(51(5,6)7)19-21-38(39)47(48)37-16-9-8-14-34(37)40-24-31(28-50(2,3)4)29-53-49(40)41;/h8-25,29,47H,28H2,1-7H3;/q-2;+2/i1D3,28D2;. The van der Waals surface area contributed by atoms with Gasteiger partial charge in [-0.3, -0.25) is 0 Å². The first-order valence-electron chi connectivity index (χ1n) is 21.4. The first-order valence-corrected chi connectivity index (χ1v) is 18.9. The van der Waals surface area contributed by atoms with Crippen molar-refractivity contribution in [2.75, 3.05) is 0 Å². The number of hydrogen-bond acceptors (Lipinski definition) is 3. The maximum atomic E-state index is 9.22. The number of rotatable bonds is 4. The van der Waals surface area contributed by atoms with Crippen molar-refractivity contribution in [2.45, 2.75) is 66.1 Å². The number of benzene rings is 5. The van der Waals surface area contributed by atoms with E-state index in [1.165, 1.54) is 0 Å². The van der Waals surface area contributed by atoms with Gasteiger partial charge >= 0.3 is 21.1 Å². The molecule has 1 atom stereocenters. The minimum Gasteiger partial charge on any atom is -0.503 e. The second kappa shape index (κ2) is 13.1. The Kier molecular flexibility index (Phi) is 7.24. The molecular formula is C51H43N3OPt. The van der Waals surface area contributed by atoms with Gasteiger partial charge in [0, 0.05) is 42.2 Å². The van der Waals surface area contributed by atoms with Gasteiger partial charge in [-0.25, -0.2) is 4.98 Å². The molecule has 2 aliphatic carbocycles. The van der Waals surface area contributed by atoms with Gasteiger partial charge < -0.3 is 14.3 Å². The molecule has 2 aliphatic rings. The van der Waals surface area contributed by atoms with E-state index in [1.807, 2.05) is 92.1 Å². The average Bonchev–Trinajstić information content (AvgIpc) is 3.67. The summed E-state index contributed by atoms with van der Waals surface area (Å²) in [7, 11) is 0. The minimum atomic E-state index is -2.61. The molecule has 0 N–H and O–H groups in total. The zero-order valence-electron chi connectivity index (χ0n) is 37.1. The molecule has 3 heterocycles. The number of ether oxygens (including phenoxy) is 1. The second-order valence-electron chi connectivity index (χ2n) is 16.8. The van der Waals surface area contributed by atoms with Crippen molar-refractivity contribution >= 4 is 21.8 Å². The molecule has 278 valence electrons. The fourth-order valence-corrected chi connectivity index (χ4v) is 8.55. The van der Waals surface area contributed by atoms with Gasteiger partial charge in [-0.1, -0.05) is 144 Å². The van der Waals surface area contributed by atoms with Crippen LogP contribution >= 0.6 is 0 Å². The zero-order chi connectivity index (χ0) is 42.1. The van der Waals surface area contributed by atoms with E-state index in [2.05, 4.69) is 74.3 Å². The summed E-state index contributed by atoms with van der Waals surface area (Å²) in [6, 6.07) is 41.3. The van der Waals surface area contributed by atoms with E-state index < -0.39 is 18.6 Å². The van der Waals surface area contributed by atoms with E-state index >= 15 is 0 Å². The Hall–Kier alpha value is -5.31. The molecule has 5 heteroatoms. The van der Waals surface area contributed by atoms with E-state index in [-0.39, 0.29) is 43.7 Å². The zero-order valence-corrected chi connectivity index (χ0v) is 34.4. The Morgan fingerprint density at radius 3 is 2.36 bits per heavy atom. The smallest absolute Gasteiger partial charge is 0.503 e. The van der Waals surface area contributed by atoms with Gasteiger partial charge in [0.05, 0.1) is 0 Å². The third-order valence-corrected chi connectivity index (χ3v) is 10.9. The summed E-state index contributed by atoms with van der Waals surface area (Å²) >= 11 is 0. The fraction of sp³-hybridized carbons (Fsp3) is 0.216. The van der Waals surface area contributed by atoms with Crippen LogP contribution in [0.15, 0.2) is 116 Å². The quantitative estimate of drug-likeness (QED) is 0.165. The van der Waals surface area contributed by atoms with E-state index in [9.17, 15) is 6.85 Å². The first-order chi connectivity index (χ1) is 28.4. The number of pyridine rings is 2. The Balaban J connectivity index is 0.00000476. The topological polar surface area (TPSA) is 39.9 Å². The second-order valence-corrected chi connectivity index (χ2v) is 16.8. The van der Waals surface area contributed by atoms with E-state index in [4.69, 9.17) is 9.72 Å². The molecule has 0 radical (unpaired) electrons. The van der Waals surface area contributed by atoms with Crippen molar-refractivity contribution in [2.24, 2.45) is 5.41 Å². The molecule has 3 aromatic heterocycles. The van der Waals surface area contributed by atoms with Gasteiger partial charge in [0.25, 0.3) is 0 Å². The molecule has 1 unspecified atom stereocenters. The molecule has 0 fully saturated rings. The van der Waals surface area contributed by atoms with E-state index in [0.717, 1.165) is 66.6 Å². The largest absolute Gasteiger partial charge is 2.00 e. The van der Waals surface area contributed by atoms with Crippen molar-refractivity contribution < 1.29 is 32.7 Å².